The number of nitrogens with zero attached hydrogens (tertiary/aromatic N) is 5. The lowest BCUT2D eigenvalue weighted by Gasteiger charge is -2.36. The number of hydrogen-bond acceptors (Lipinski definition) is 7. The van der Waals surface area contributed by atoms with E-state index in [1.165, 1.54) is 19.1 Å². The summed E-state index contributed by atoms with van der Waals surface area (Å²) >= 11 is 0. The molecule has 0 unspecified atom stereocenters. The van der Waals surface area contributed by atoms with E-state index in [1.54, 1.807) is 24.3 Å². The van der Waals surface area contributed by atoms with Crippen LogP contribution in [0.1, 0.15) is 34.2 Å². The van der Waals surface area contributed by atoms with Crippen LogP contribution in [0.15, 0.2) is 36.4 Å². The van der Waals surface area contributed by atoms with Crippen LogP contribution in [-0.4, -0.2) is 46.5 Å². The highest BCUT2D eigenvalue weighted by atomic mass is 16.6. The van der Waals surface area contributed by atoms with Crippen molar-refractivity contribution in [1.29, 1.82) is 0 Å². The van der Waals surface area contributed by atoms with Crippen LogP contribution in [0.3, 0.4) is 0 Å². The number of non-ortho nitro benzene ring substituents is 1. The molecule has 4 rings (SSSR count). The van der Waals surface area contributed by atoms with Crippen LogP contribution < -0.4 is 9.33 Å². The predicted molar refractivity (Wildman–Crippen MR) is 124 cm³/mol. The van der Waals surface area contributed by atoms with Crippen LogP contribution in [-0.2, 0) is 6.54 Å². The molecule has 0 atom stereocenters. The molecule has 2 heterocycles. The summed E-state index contributed by atoms with van der Waals surface area (Å²) < 4.78 is 1.30. The van der Waals surface area contributed by atoms with Gasteiger partial charge in [0.15, 0.2) is 0 Å². The standard InChI is InChI=1S/C23H25N5O5/c1-15-12-20-21(13-16(15)2)27(31)23(17(3)29)22(26(20)30)14-24-8-10-25(11-9-24)18-4-6-19(7-5-18)28(32)33/h4-7,12-13H,8-11,14H2,1-3H3. The number of carbonyl (C=O) groups is 1. The van der Waals surface area contributed by atoms with E-state index >= 15 is 0 Å². The van der Waals surface area contributed by atoms with Gasteiger partial charge in [-0.2, -0.15) is 0 Å². The minimum atomic E-state index is -0.450. The van der Waals surface area contributed by atoms with E-state index in [1.807, 2.05) is 18.7 Å². The van der Waals surface area contributed by atoms with Crippen LogP contribution >= 0.6 is 0 Å². The van der Waals surface area contributed by atoms with E-state index in [0.29, 0.717) is 30.6 Å². The van der Waals surface area contributed by atoms with Gasteiger partial charge in [-0.05, 0) is 43.2 Å². The molecule has 0 spiro atoms. The number of hydrogen-bond donors (Lipinski definition) is 0. The second-order valence-corrected chi connectivity index (χ2v) is 8.40. The van der Waals surface area contributed by atoms with Crippen molar-refractivity contribution in [2.45, 2.75) is 27.3 Å². The Bertz CT molecular complexity index is 1310. The zero-order valence-electron chi connectivity index (χ0n) is 18.8. The van der Waals surface area contributed by atoms with E-state index in [-0.39, 0.29) is 34.7 Å². The molecule has 1 fully saturated rings. The maximum Gasteiger partial charge on any atom is 0.326 e. The minimum absolute atomic E-state index is 0.0433. The number of Topliss-reactive ketones (excluding diaryl/α,β-unsaturated/α-hetero) is 1. The highest BCUT2D eigenvalue weighted by molar-refractivity contribution is 5.93. The van der Waals surface area contributed by atoms with Crippen molar-refractivity contribution in [2.75, 3.05) is 31.1 Å². The average molecular weight is 451 g/mol. The summed E-state index contributed by atoms with van der Waals surface area (Å²) in [6, 6.07) is 9.74. The van der Waals surface area contributed by atoms with E-state index in [9.17, 15) is 25.0 Å². The topological polar surface area (TPSA) is 118 Å². The lowest BCUT2D eigenvalue weighted by molar-refractivity contribution is -0.468. The Labute approximate surface area is 190 Å². The van der Waals surface area contributed by atoms with Gasteiger partial charge in [0, 0.05) is 68.4 Å². The van der Waals surface area contributed by atoms with Gasteiger partial charge in [-0.15, -0.1) is 0 Å². The average Bonchev–Trinajstić information content (AvgIpc) is 2.79. The van der Waals surface area contributed by atoms with Crippen LogP contribution in [0, 0.1) is 34.1 Å². The molecule has 33 heavy (non-hydrogen) atoms. The fourth-order valence-electron chi connectivity index (χ4n) is 4.24. The second kappa shape index (κ2) is 8.62. The summed E-state index contributed by atoms with van der Waals surface area (Å²) in [7, 11) is 0. The number of nitro benzene ring substituents is 1. The normalized spacial score (nSPS) is 14.6. The summed E-state index contributed by atoms with van der Waals surface area (Å²) in [5, 5.41) is 24.1. The Morgan fingerprint density at radius 1 is 1.06 bits per heavy atom. The zero-order valence-corrected chi connectivity index (χ0v) is 18.8. The number of benzene rings is 2. The molecule has 0 aliphatic carbocycles. The summed E-state index contributed by atoms with van der Waals surface area (Å²) in [5.74, 6) is -0.450. The van der Waals surface area contributed by atoms with Gasteiger partial charge < -0.3 is 14.8 Å². The molecular formula is C23H25N5O5. The van der Waals surface area contributed by atoms with Crippen molar-refractivity contribution in [3.05, 3.63) is 79.1 Å². The fraction of sp³-hybridized carbons (Fsp3) is 0.348. The lowest BCUT2D eigenvalue weighted by atomic mass is 10.1. The second-order valence-electron chi connectivity index (χ2n) is 8.40. The Balaban J connectivity index is 1.59. The highest BCUT2D eigenvalue weighted by Crippen LogP contribution is 2.23. The molecule has 1 aliphatic rings. The van der Waals surface area contributed by atoms with Crippen LogP contribution in [0.5, 0.6) is 0 Å². The van der Waals surface area contributed by atoms with Gasteiger partial charge in [0.05, 0.1) is 9.35 Å². The van der Waals surface area contributed by atoms with Gasteiger partial charge >= 0.3 is 5.69 Å². The molecule has 0 radical (unpaired) electrons. The number of anilines is 1. The number of nitro groups is 1. The van der Waals surface area contributed by atoms with Crippen molar-refractivity contribution < 1.29 is 14.1 Å². The number of aryl methyl sites for hydroxylation is 2. The molecule has 10 heteroatoms. The molecule has 3 aromatic rings. The SMILES string of the molecule is CC(=O)c1c(CN2CCN(c3ccc([N+](=O)[O-])cc3)CC2)n([O-])c2cc(C)c(C)cc2[n+]1=O. The van der Waals surface area contributed by atoms with Crippen LogP contribution in [0.25, 0.3) is 11.0 Å². The molecule has 172 valence electrons. The van der Waals surface area contributed by atoms with E-state index in [2.05, 4.69) is 4.90 Å². The number of fused-ring (bicyclic) bond motifs is 1. The Hall–Kier alpha value is -3.79. The Morgan fingerprint density at radius 3 is 2.24 bits per heavy atom. The number of rotatable bonds is 5. The molecule has 1 aromatic heterocycles. The van der Waals surface area contributed by atoms with Crippen molar-refractivity contribution >= 4 is 28.2 Å². The number of carbonyl (C=O) groups excluding carboxylic acids is 1. The first-order chi connectivity index (χ1) is 15.7. The van der Waals surface area contributed by atoms with E-state index < -0.39 is 10.7 Å². The third-order valence-electron chi connectivity index (χ3n) is 6.25. The molecule has 1 saturated heterocycles. The van der Waals surface area contributed by atoms with Gasteiger partial charge in [-0.1, -0.05) is 0 Å². The first-order valence-corrected chi connectivity index (χ1v) is 10.7. The monoisotopic (exact) mass is 451 g/mol. The van der Waals surface area contributed by atoms with Gasteiger partial charge in [-0.25, -0.2) is 0 Å². The van der Waals surface area contributed by atoms with E-state index in [4.69, 9.17) is 0 Å². The molecule has 0 saturated carbocycles. The van der Waals surface area contributed by atoms with E-state index in [0.717, 1.165) is 21.5 Å². The summed E-state index contributed by atoms with van der Waals surface area (Å²) in [6.45, 7) is 7.72. The Morgan fingerprint density at radius 2 is 1.67 bits per heavy atom. The van der Waals surface area contributed by atoms with Crippen molar-refractivity contribution in [1.82, 2.24) is 9.63 Å². The highest BCUT2D eigenvalue weighted by Gasteiger charge is 2.29. The quantitative estimate of drug-likeness (QED) is 0.253. The lowest BCUT2D eigenvalue weighted by Crippen LogP contribution is -2.46. The minimum Gasteiger partial charge on any atom is -0.805 e. The first kappa shape index (κ1) is 22.4. The van der Waals surface area contributed by atoms with Crippen molar-refractivity contribution in [3.63, 3.8) is 0 Å². The largest absolute Gasteiger partial charge is 0.805 e. The molecule has 2 aromatic carbocycles. The third-order valence-corrected chi connectivity index (χ3v) is 6.25. The third kappa shape index (κ3) is 4.17. The fourth-order valence-corrected chi connectivity index (χ4v) is 4.24. The van der Waals surface area contributed by atoms with Gasteiger partial charge in [0.1, 0.15) is 11.2 Å². The van der Waals surface area contributed by atoms with Gasteiger partial charge in [0.2, 0.25) is 5.78 Å². The van der Waals surface area contributed by atoms with Gasteiger partial charge in [-0.3, -0.25) is 19.8 Å². The molecule has 0 bridgehead atoms. The Kier molecular flexibility index (Phi) is 5.86. The molecule has 0 N–H and O–H groups in total. The molecule has 0 amide bonds. The van der Waals surface area contributed by atoms with Gasteiger partial charge in [0.25, 0.3) is 11.2 Å². The summed E-state index contributed by atoms with van der Waals surface area (Å²) in [5.41, 5.74) is 3.15. The smallest absolute Gasteiger partial charge is 0.326 e. The van der Waals surface area contributed by atoms with Crippen molar-refractivity contribution in [3.8, 4) is 0 Å². The van der Waals surface area contributed by atoms with Crippen LogP contribution in [0.4, 0.5) is 11.4 Å². The summed E-state index contributed by atoms with van der Waals surface area (Å²) in [6.07, 6.45) is 0. The molecule has 1 aliphatic heterocycles. The zero-order chi connectivity index (χ0) is 23.9. The number of ketones is 1. The maximum absolute atomic E-state index is 13.2. The number of aromatic nitrogens is 2. The maximum atomic E-state index is 13.2. The van der Waals surface area contributed by atoms with Crippen molar-refractivity contribution in [2.24, 2.45) is 0 Å². The molecule has 10 nitrogen and oxygen atoms in total. The first-order valence-electron chi connectivity index (χ1n) is 10.7. The number of piperazine rings is 1. The predicted octanol–water partition coefficient (Wildman–Crippen LogP) is 2.95. The van der Waals surface area contributed by atoms with Crippen LogP contribution in [0.2, 0.25) is 0 Å². The summed E-state index contributed by atoms with van der Waals surface area (Å²) in [4.78, 5) is 39.9. The molecular weight excluding hydrogens is 426 g/mol.